The number of carbonyl (C=O) groups is 1. The first-order valence-electron chi connectivity index (χ1n) is 7.70. The molecule has 0 aromatic heterocycles. The molecule has 2 N–H and O–H groups in total. The minimum absolute atomic E-state index is 0.0325. The smallest absolute Gasteiger partial charge is 0.240 e. The second-order valence-corrected chi connectivity index (χ2v) is 5.71. The summed E-state index contributed by atoms with van der Waals surface area (Å²) in [6, 6.07) is 19.5. The predicted molar refractivity (Wildman–Crippen MR) is 90.2 cm³/mol. The second kappa shape index (κ2) is 7.23. The van der Waals surface area contributed by atoms with E-state index in [9.17, 15) is 4.79 Å². The van der Waals surface area contributed by atoms with E-state index in [1.807, 2.05) is 65.6 Å². The molecule has 3 heteroatoms. The van der Waals surface area contributed by atoms with Gasteiger partial charge in [-0.15, -0.1) is 0 Å². The summed E-state index contributed by atoms with van der Waals surface area (Å²) in [5, 5.41) is 0. The number of nitrogens with two attached hydrogens (primary N) is 1. The lowest BCUT2D eigenvalue weighted by molar-refractivity contribution is -0.137. The first-order chi connectivity index (χ1) is 10.5. The number of benzene rings is 2. The molecule has 22 heavy (non-hydrogen) atoms. The van der Waals surface area contributed by atoms with Gasteiger partial charge in [0.15, 0.2) is 0 Å². The molecule has 116 valence electrons. The summed E-state index contributed by atoms with van der Waals surface area (Å²) in [4.78, 5) is 14.6. The van der Waals surface area contributed by atoms with Gasteiger partial charge in [0, 0.05) is 0 Å². The molecule has 2 aromatic carbocycles. The maximum atomic E-state index is 12.7. The van der Waals surface area contributed by atoms with E-state index in [1.165, 1.54) is 0 Å². The summed E-state index contributed by atoms with van der Waals surface area (Å²) in [6.45, 7) is 5.84. The molecule has 2 rings (SSSR count). The van der Waals surface area contributed by atoms with Crippen LogP contribution < -0.4 is 5.73 Å². The molecule has 0 saturated carbocycles. The van der Waals surface area contributed by atoms with Crippen LogP contribution in [0.25, 0.3) is 0 Å². The summed E-state index contributed by atoms with van der Waals surface area (Å²) in [5.41, 5.74) is 8.10. The van der Waals surface area contributed by atoms with Gasteiger partial charge in [-0.1, -0.05) is 60.7 Å². The van der Waals surface area contributed by atoms with Crippen LogP contribution in [0.3, 0.4) is 0 Å². The Labute approximate surface area is 132 Å². The number of hydrogen-bond donors (Lipinski definition) is 1. The van der Waals surface area contributed by atoms with Crippen molar-refractivity contribution in [2.24, 2.45) is 5.73 Å². The first kappa shape index (κ1) is 16.2. The fraction of sp³-hybridized carbons (Fsp3) is 0.316. The second-order valence-electron chi connectivity index (χ2n) is 5.71. The Morgan fingerprint density at radius 3 is 1.50 bits per heavy atom. The van der Waals surface area contributed by atoms with Gasteiger partial charge in [0.25, 0.3) is 0 Å². The van der Waals surface area contributed by atoms with E-state index < -0.39 is 6.04 Å². The van der Waals surface area contributed by atoms with Gasteiger partial charge in [0.1, 0.15) is 0 Å². The molecule has 3 atom stereocenters. The van der Waals surface area contributed by atoms with Crippen LogP contribution in [0.15, 0.2) is 60.7 Å². The van der Waals surface area contributed by atoms with Crippen molar-refractivity contribution in [2.75, 3.05) is 0 Å². The van der Waals surface area contributed by atoms with Crippen LogP contribution in [-0.4, -0.2) is 16.8 Å². The number of rotatable bonds is 5. The van der Waals surface area contributed by atoms with Gasteiger partial charge >= 0.3 is 0 Å². The van der Waals surface area contributed by atoms with Crippen LogP contribution in [0.4, 0.5) is 0 Å². The Morgan fingerprint density at radius 2 is 1.18 bits per heavy atom. The zero-order valence-corrected chi connectivity index (χ0v) is 13.4. The summed E-state index contributed by atoms with van der Waals surface area (Å²) in [7, 11) is 0. The zero-order chi connectivity index (χ0) is 16.1. The first-order valence-corrected chi connectivity index (χ1v) is 7.70. The Bertz CT molecular complexity index is 550. The average molecular weight is 296 g/mol. The van der Waals surface area contributed by atoms with Crippen molar-refractivity contribution in [3.05, 3.63) is 71.8 Å². The van der Waals surface area contributed by atoms with Crippen LogP contribution in [0.1, 0.15) is 44.0 Å². The van der Waals surface area contributed by atoms with Crippen molar-refractivity contribution in [3.63, 3.8) is 0 Å². The molecule has 0 spiro atoms. The highest BCUT2D eigenvalue weighted by atomic mass is 16.2. The predicted octanol–water partition coefficient (Wildman–Crippen LogP) is 3.68. The third-order valence-corrected chi connectivity index (χ3v) is 4.04. The van der Waals surface area contributed by atoms with Gasteiger partial charge in [0.2, 0.25) is 5.91 Å². The van der Waals surface area contributed by atoms with Crippen molar-refractivity contribution in [2.45, 2.75) is 38.9 Å². The highest BCUT2D eigenvalue weighted by Gasteiger charge is 2.29. The van der Waals surface area contributed by atoms with E-state index >= 15 is 0 Å². The van der Waals surface area contributed by atoms with Crippen LogP contribution in [0, 0.1) is 0 Å². The molecule has 0 bridgehead atoms. The maximum absolute atomic E-state index is 12.7. The molecule has 0 saturated heterocycles. The van der Waals surface area contributed by atoms with Crippen molar-refractivity contribution >= 4 is 5.91 Å². The largest absolute Gasteiger partial charge is 0.328 e. The van der Waals surface area contributed by atoms with Crippen molar-refractivity contribution in [1.29, 1.82) is 0 Å². The van der Waals surface area contributed by atoms with Crippen LogP contribution in [-0.2, 0) is 4.79 Å². The number of hydrogen-bond acceptors (Lipinski definition) is 2. The number of nitrogens with zero attached hydrogens (tertiary/aromatic N) is 1. The summed E-state index contributed by atoms with van der Waals surface area (Å²) < 4.78 is 0. The summed E-state index contributed by atoms with van der Waals surface area (Å²) >= 11 is 0. The topological polar surface area (TPSA) is 46.3 Å². The van der Waals surface area contributed by atoms with Gasteiger partial charge in [0.05, 0.1) is 18.1 Å². The molecule has 0 fully saturated rings. The molecule has 0 radical (unpaired) electrons. The van der Waals surface area contributed by atoms with Crippen molar-refractivity contribution in [3.8, 4) is 0 Å². The fourth-order valence-corrected chi connectivity index (χ4v) is 2.74. The standard InChI is InChI=1S/C19H24N2O/c1-14(20)19(22)21(15(2)17-10-6-4-7-11-17)16(3)18-12-8-5-9-13-18/h4-16H,20H2,1-3H3/t14-,15-,16-/m0/s1. The summed E-state index contributed by atoms with van der Waals surface area (Å²) in [5.74, 6) is -0.0345. The molecule has 0 unspecified atom stereocenters. The average Bonchev–Trinajstić information content (AvgIpc) is 2.56. The molecule has 0 heterocycles. The molecule has 0 aliphatic carbocycles. The van der Waals surface area contributed by atoms with E-state index in [2.05, 4.69) is 13.8 Å². The van der Waals surface area contributed by atoms with Gasteiger partial charge in [-0.3, -0.25) is 4.79 Å². The van der Waals surface area contributed by atoms with E-state index in [4.69, 9.17) is 5.73 Å². The van der Waals surface area contributed by atoms with Crippen molar-refractivity contribution in [1.82, 2.24) is 4.90 Å². The van der Waals surface area contributed by atoms with E-state index in [0.29, 0.717) is 0 Å². The van der Waals surface area contributed by atoms with Gasteiger partial charge < -0.3 is 10.6 Å². The van der Waals surface area contributed by atoms with Gasteiger partial charge in [-0.05, 0) is 31.9 Å². The lowest BCUT2D eigenvalue weighted by Gasteiger charge is -2.36. The van der Waals surface area contributed by atoms with E-state index in [0.717, 1.165) is 11.1 Å². The fourth-order valence-electron chi connectivity index (χ4n) is 2.74. The molecule has 2 aromatic rings. The Morgan fingerprint density at radius 1 is 0.818 bits per heavy atom. The van der Waals surface area contributed by atoms with Crippen molar-refractivity contribution < 1.29 is 4.79 Å². The Balaban J connectivity index is 2.37. The molecule has 1 amide bonds. The van der Waals surface area contributed by atoms with E-state index in [-0.39, 0.29) is 18.0 Å². The van der Waals surface area contributed by atoms with Gasteiger partial charge in [-0.25, -0.2) is 0 Å². The SMILES string of the molecule is C[C@H](N)C(=O)N([C@@H](C)c1ccccc1)[C@@H](C)c1ccccc1. The van der Waals surface area contributed by atoms with Crippen LogP contribution >= 0.6 is 0 Å². The lowest BCUT2D eigenvalue weighted by atomic mass is 10.00. The minimum atomic E-state index is -0.516. The Hall–Kier alpha value is -2.13. The highest BCUT2D eigenvalue weighted by Crippen LogP contribution is 2.30. The maximum Gasteiger partial charge on any atom is 0.240 e. The molecule has 0 aliphatic heterocycles. The van der Waals surface area contributed by atoms with Crippen LogP contribution in [0.2, 0.25) is 0 Å². The lowest BCUT2D eigenvalue weighted by Crippen LogP contribution is -2.44. The number of carbonyl (C=O) groups excluding carboxylic acids is 1. The molecular formula is C19H24N2O. The van der Waals surface area contributed by atoms with Gasteiger partial charge in [-0.2, -0.15) is 0 Å². The number of amides is 1. The molecular weight excluding hydrogens is 272 g/mol. The quantitative estimate of drug-likeness (QED) is 0.914. The minimum Gasteiger partial charge on any atom is -0.328 e. The molecule has 3 nitrogen and oxygen atoms in total. The zero-order valence-electron chi connectivity index (χ0n) is 13.4. The molecule has 0 aliphatic rings. The van der Waals surface area contributed by atoms with Crippen LogP contribution in [0.5, 0.6) is 0 Å². The summed E-state index contributed by atoms with van der Waals surface area (Å²) in [6.07, 6.45) is 0. The third kappa shape index (κ3) is 3.55. The Kier molecular flexibility index (Phi) is 5.34. The normalized spacial score (nSPS) is 14.9. The van der Waals surface area contributed by atoms with E-state index in [1.54, 1.807) is 6.92 Å². The highest BCUT2D eigenvalue weighted by molar-refractivity contribution is 5.82. The third-order valence-electron chi connectivity index (χ3n) is 4.04. The monoisotopic (exact) mass is 296 g/mol.